The van der Waals surface area contributed by atoms with E-state index in [1.807, 2.05) is 18.2 Å². The molecule has 2 aromatic carbocycles. The summed E-state index contributed by atoms with van der Waals surface area (Å²) < 4.78 is 28.7. The number of hydrogen-bond donors (Lipinski definition) is 1. The van der Waals surface area contributed by atoms with E-state index in [1.54, 1.807) is 14.2 Å². The molecule has 1 heterocycles. The minimum atomic E-state index is -0.00932. The van der Waals surface area contributed by atoms with Gasteiger partial charge >= 0.3 is 0 Å². The topological polar surface area (TPSA) is 58.2 Å². The lowest BCUT2D eigenvalue weighted by atomic mass is 9.91. The summed E-state index contributed by atoms with van der Waals surface area (Å²) in [5.74, 6) is 3.70. The van der Waals surface area contributed by atoms with Crippen molar-refractivity contribution >= 4 is 0 Å². The highest BCUT2D eigenvalue weighted by molar-refractivity contribution is 5.51. The summed E-state index contributed by atoms with van der Waals surface area (Å²) in [6.45, 7) is 2.43. The largest absolute Gasteiger partial charge is 0.493 e. The predicted molar refractivity (Wildman–Crippen MR) is 111 cm³/mol. The van der Waals surface area contributed by atoms with Gasteiger partial charge in [0.05, 0.1) is 14.2 Å². The molecule has 0 amide bonds. The Morgan fingerprint density at radius 3 is 2.38 bits per heavy atom. The Morgan fingerprint density at radius 1 is 1.00 bits per heavy atom. The van der Waals surface area contributed by atoms with E-state index >= 15 is 0 Å². The molecule has 6 heteroatoms. The lowest BCUT2D eigenvalue weighted by Gasteiger charge is -2.29. The Kier molecular flexibility index (Phi) is 6.30. The van der Waals surface area contributed by atoms with Gasteiger partial charge in [-0.25, -0.2) is 0 Å². The Morgan fingerprint density at radius 2 is 1.69 bits per heavy atom. The molecular weight excluding hydrogens is 370 g/mol. The molecule has 6 nitrogen and oxygen atoms in total. The second-order valence-corrected chi connectivity index (χ2v) is 7.37. The zero-order valence-corrected chi connectivity index (χ0v) is 17.2. The van der Waals surface area contributed by atoms with Gasteiger partial charge in [0.15, 0.2) is 23.0 Å². The lowest BCUT2D eigenvalue weighted by molar-refractivity contribution is 0.0893. The van der Waals surface area contributed by atoms with Crippen LogP contribution in [0.4, 0.5) is 0 Å². The van der Waals surface area contributed by atoms with E-state index in [4.69, 9.17) is 23.7 Å². The number of ether oxygens (including phenoxy) is 5. The summed E-state index contributed by atoms with van der Waals surface area (Å²) in [6, 6.07) is 9.93. The molecule has 0 bridgehead atoms. The molecule has 1 atom stereocenters. The van der Waals surface area contributed by atoms with E-state index in [0.717, 1.165) is 24.3 Å². The van der Waals surface area contributed by atoms with Crippen molar-refractivity contribution in [3.63, 3.8) is 0 Å². The predicted octanol–water partition coefficient (Wildman–Crippen LogP) is 3.39. The number of methoxy groups -OCH3 is 2. The van der Waals surface area contributed by atoms with Gasteiger partial charge in [-0.1, -0.05) is 6.07 Å². The molecule has 156 valence electrons. The quantitative estimate of drug-likeness (QED) is 0.687. The van der Waals surface area contributed by atoms with E-state index in [0.29, 0.717) is 43.6 Å². The van der Waals surface area contributed by atoms with Crippen LogP contribution in [0.1, 0.15) is 24.0 Å². The lowest BCUT2D eigenvalue weighted by Crippen LogP contribution is -2.39. The average molecular weight is 399 g/mol. The van der Waals surface area contributed by atoms with Crippen molar-refractivity contribution in [2.24, 2.45) is 0 Å². The van der Waals surface area contributed by atoms with E-state index in [2.05, 4.69) is 17.4 Å². The SMILES string of the molecule is COc1cccc(OC)c1OCCNC[C@@H]1COc2cc3c(cc2O1)CCCC3. The molecule has 1 aliphatic heterocycles. The molecule has 0 spiro atoms. The smallest absolute Gasteiger partial charge is 0.203 e. The Labute approximate surface area is 172 Å². The summed E-state index contributed by atoms with van der Waals surface area (Å²) in [7, 11) is 3.24. The second-order valence-electron chi connectivity index (χ2n) is 7.37. The minimum Gasteiger partial charge on any atom is -0.493 e. The summed E-state index contributed by atoms with van der Waals surface area (Å²) >= 11 is 0. The molecule has 4 rings (SSSR count). The van der Waals surface area contributed by atoms with Crippen molar-refractivity contribution in [2.45, 2.75) is 31.8 Å². The van der Waals surface area contributed by atoms with Crippen molar-refractivity contribution in [3.05, 3.63) is 41.5 Å². The number of fused-ring (bicyclic) bond motifs is 2. The second kappa shape index (κ2) is 9.27. The fourth-order valence-corrected chi connectivity index (χ4v) is 3.89. The maximum absolute atomic E-state index is 6.17. The van der Waals surface area contributed by atoms with Crippen LogP contribution in [0.5, 0.6) is 28.7 Å². The molecule has 0 saturated carbocycles. The summed E-state index contributed by atoms with van der Waals surface area (Å²) in [5, 5.41) is 3.38. The molecule has 2 aromatic rings. The molecule has 29 heavy (non-hydrogen) atoms. The number of benzene rings is 2. The number of aryl methyl sites for hydroxylation is 2. The number of rotatable bonds is 8. The van der Waals surface area contributed by atoms with Gasteiger partial charge in [0.25, 0.3) is 0 Å². The van der Waals surface area contributed by atoms with E-state index < -0.39 is 0 Å². The fourth-order valence-electron chi connectivity index (χ4n) is 3.89. The van der Waals surface area contributed by atoms with Crippen LogP contribution in [0.25, 0.3) is 0 Å². The first kappa shape index (κ1) is 19.7. The third-order valence-electron chi connectivity index (χ3n) is 5.41. The van der Waals surface area contributed by atoms with Gasteiger partial charge in [0.2, 0.25) is 5.75 Å². The van der Waals surface area contributed by atoms with Crippen LogP contribution in [-0.4, -0.2) is 46.6 Å². The summed E-state index contributed by atoms with van der Waals surface area (Å²) in [6.07, 6.45) is 4.80. The van der Waals surface area contributed by atoms with Crippen LogP contribution >= 0.6 is 0 Å². The van der Waals surface area contributed by atoms with Crippen molar-refractivity contribution in [1.82, 2.24) is 5.32 Å². The molecule has 1 N–H and O–H groups in total. The molecule has 0 unspecified atom stereocenters. The first-order valence-corrected chi connectivity index (χ1v) is 10.3. The highest BCUT2D eigenvalue weighted by Gasteiger charge is 2.23. The van der Waals surface area contributed by atoms with Crippen LogP contribution in [0, 0.1) is 0 Å². The number of hydrogen-bond acceptors (Lipinski definition) is 6. The van der Waals surface area contributed by atoms with Crippen molar-refractivity contribution in [3.8, 4) is 28.7 Å². The van der Waals surface area contributed by atoms with E-state index in [-0.39, 0.29) is 6.10 Å². The van der Waals surface area contributed by atoms with Gasteiger partial charge in [-0.05, 0) is 61.1 Å². The van der Waals surface area contributed by atoms with E-state index in [9.17, 15) is 0 Å². The van der Waals surface area contributed by atoms with Crippen LogP contribution in [0.2, 0.25) is 0 Å². The third-order valence-corrected chi connectivity index (χ3v) is 5.41. The molecule has 0 fully saturated rings. The number of nitrogens with one attached hydrogen (secondary N) is 1. The molecule has 2 aliphatic rings. The van der Waals surface area contributed by atoms with Gasteiger partial charge in [0, 0.05) is 13.1 Å². The zero-order chi connectivity index (χ0) is 20.1. The number of para-hydroxylation sites is 1. The maximum atomic E-state index is 6.17. The molecule has 1 aliphatic carbocycles. The average Bonchev–Trinajstić information content (AvgIpc) is 2.77. The van der Waals surface area contributed by atoms with Gasteiger partial charge in [-0.15, -0.1) is 0 Å². The first-order valence-electron chi connectivity index (χ1n) is 10.3. The van der Waals surface area contributed by atoms with Gasteiger partial charge in [-0.2, -0.15) is 0 Å². The molecular formula is C23H29NO5. The first-order chi connectivity index (χ1) is 14.3. The highest BCUT2D eigenvalue weighted by atomic mass is 16.6. The standard InChI is InChI=1S/C23H29NO5/c1-25-19-8-5-9-20(26-2)23(19)27-11-10-24-14-18-15-28-21-12-16-6-3-4-7-17(16)13-22(21)29-18/h5,8-9,12-13,18,24H,3-4,6-7,10-11,14-15H2,1-2H3/t18-/m1/s1. The van der Waals surface area contributed by atoms with E-state index in [1.165, 1.54) is 24.0 Å². The van der Waals surface area contributed by atoms with Crippen molar-refractivity contribution in [2.75, 3.05) is 40.5 Å². The van der Waals surface area contributed by atoms with Gasteiger partial charge < -0.3 is 29.0 Å². The Balaban J connectivity index is 1.25. The summed E-state index contributed by atoms with van der Waals surface area (Å²) in [5.41, 5.74) is 2.82. The van der Waals surface area contributed by atoms with Crippen molar-refractivity contribution in [1.29, 1.82) is 0 Å². The molecule has 0 saturated heterocycles. The molecule has 0 aromatic heterocycles. The maximum Gasteiger partial charge on any atom is 0.203 e. The van der Waals surface area contributed by atoms with Crippen molar-refractivity contribution < 1.29 is 23.7 Å². The zero-order valence-electron chi connectivity index (χ0n) is 17.2. The van der Waals surface area contributed by atoms with Crippen LogP contribution in [-0.2, 0) is 12.8 Å². The molecule has 0 radical (unpaired) electrons. The van der Waals surface area contributed by atoms with Crippen LogP contribution in [0.3, 0.4) is 0 Å². The monoisotopic (exact) mass is 399 g/mol. The highest BCUT2D eigenvalue weighted by Crippen LogP contribution is 2.38. The van der Waals surface area contributed by atoms with Gasteiger partial charge in [0.1, 0.15) is 19.3 Å². The fraction of sp³-hybridized carbons (Fsp3) is 0.478. The summed E-state index contributed by atoms with van der Waals surface area (Å²) in [4.78, 5) is 0. The Hall–Kier alpha value is -2.60. The van der Waals surface area contributed by atoms with Crippen LogP contribution in [0.15, 0.2) is 30.3 Å². The normalized spacial score (nSPS) is 17.4. The Bertz CT molecular complexity index is 816. The van der Waals surface area contributed by atoms with Crippen LogP contribution < -0.4 is 29.0 Å². The third kappa shape index (κ3) is 4.53. The van der Waals surface area contributed by atoms with Gasteiger partial charge in [-0.3, -0.25) is 0 Å². The minimum absolute atomic E-state index is 0.00932.